The lowest BCUT2D eigenvalue weighted by Crippen LogP contribution is -1.83. The van der Waals surface area contributed by atoms with Gasteiger partial charge in [0.25, 0.3) is 0 Å². The second-order valence-electron chi connectivity index (χ2n) is 3.35. The van der Waals surface area contributed by atoms with Crippen molar-refractivity contribution in [3.8, 4) is 5.75 Å². The molecule has 1 aliphatic carbocycles. The van der Waals surface area contributed by atoms with Crippen molar-refractivity contribution in [2.45, 2.75) is 18.8 Å². The topological polar surface area (TPSA) is 26.3 Å². The fourth-order valence-corrected chi connectivity index (χ4v) is 2.19. The van der Waals surface area contributed by atoms with E-state index in [0.29, 0.717) is 11.7 Å². The second kappa shape index (κ2) is 3.77. The fraction of sp³-hybridized carbons (Fsp3) is 0.333. The summed E-state index contributed by atoms with van der Waals surface area (Å²) in [7, 11) is 0. The van der Waals surface area contributed by atoms with E-state index in [9.17, 15) is 4.57 Å². The average Bonchev–Trinajstić information content (AvgIpc) is 2.85. The van der Waals surface area contributed by atoms with Crippen LogP contribution in [0.4, 0.5) is 0 Å². The Kier molecular flexibility index (Phi) is 2.79. The molecule has 0 N–H and O–H groups in total. The minimum Gasteiger partial charge on any atom is -0.422 e. The van der Waals surface area contributed by atoms with Crippen LogP contribution in [0.25, 0.3) is 0 Å². The van der Waals surface area contributed by atoms with Crippen LogP contribution in [0.5, 0.6) is 5.75 Å². The van der Waals surface area contributed by atoms with E-state index < -0.39 is 6.07 Å². The Hall–Kier alpha value is -0.170. The van der Waals surface area contributed by atoms with Gasteiger partial charge in [0.05, 0.1) is 0 Å². The fourth-order valence-electron chi connectivity index (χ4n) is 1.34. The molecule has 0 heterocycles. The van der Waals surface area contributed by atoms with Crippen molar-refractivity contribution in [1.29, 1.82) is 0 Å². The van der Waals surface area contributed by atoms with Crippen molar-refractivity contribution >= 4 is 28.6 Å². The minimum absolute atomic E-state index is 0.447. The standard InChI is InChI=1S/C9H9Cl2O2P/c10-14(11,12)13-9-5-3-8(4-6-9)7-1-2-7/h3-7H,1-2H2. The Morgan fingerprint density at radius 3 is 2.21 bits per heavy atom. The van der Waals surface area contributed by atoms with Gasteiger partial charge in [-0.05, 0) is 36.5 Å². The molecule has 0 aliphatic heterocycles. The van der Waals surface area contributed by atoms with E-state index in [0.717, 1.165) is 0 Å². The van der Waals surface area contributed by atoms with E-state index in [1.54, 1.807) is 12.1 Å². The molecule has 0 saturated heterocycles. The maximum Gasteiger partial charge on any atom is 0.428 e. The van der Waals surface area contributed by atoms with E-state index in [4.69, 9.17) is 27.0 Å². The Morgan fingerprint density at radius 1 is 1.21 bits per heavy atom. The highest BCUT2D eigenvalue weighted by Crippen LogP contribution is 2.57. The molecule has 1 fully saturated rings. The molecule has 2 rings (SSSR count). The predicted octanol–water partition coefficient (Wildman–Crippen LogP) is 4.53. The molecule has 0 amide bonds. The molecular weight excluding hydrogens is 242 g/mol. The zero-order valence-electron chi connectivity index (χ0n) is 7.32. The van der Waals surface area contributed by atoms with Gasteiger partial charge in [-0.1, -0.05) is 12.1 Å². The Balaban J connectivity index is 2.09. The van der Waals surface area contributed by atoms with Crippen LogP contribution >= 0.6 is 28.6 Å². The van der Waals surface area contributed by atoms with Crippen LogP contribution in [-0.2, 0) is 4.57 Å². The zero-order valence-corrected chi connectivity index (χ0v) is 9.73. The molecule has 14 heavy (non-hydrogen) atoms. The van der Waals surface area contributed by atoms with Crippen molar-refractivity contribution in [3.63, 3.8) is 0 Å². The van der Waals surface area contributed by atoms with Gasteiger partial charge in [-0.3, -0.25) is 0 Å². The van der Waals surface area contributed by atoms with Gasteiger partial charge in [0.1, 0.15) is 5.75 Å². The summed E-state index contributed by atoms with van der Waals surface area (Å²) in [6.07, 6.45) is -0.959. The molecule has 0 radical (unpaired) electrons. The molecule has 0 bridgehead atoms. The number of hydrogen-bond acceptors (Lipinski definition) is 2. The van der Waals surface area contributed by atoms with Crippen LogP contribution in [0.2, 0.25) is 0 Å². The van der Waals surface area contributed by atoms with Crippen molar-refractivity contribution in [3.05, 3.63) is 29.8 Å². The molecule has 2 nitrogen and oxygen atoms in total. The zero-order chi connectivity index (χ0) is 10.2. The number of hydrogen-bond donors (Lipinski definition) is 0. The first-order valence-corrected chi connectivity index (χ1v) is 7.77. The molecule has 1 saturated carbocycles. The smallest absolute Gasteiger partial charge is 0.422 e. The van der Waals surface area contributed by atoms with Crippen LogP contribution in [0.3, 0.4) is 0 Å². The van der Waals surface area contributed by atoms with Gasteiger partial charge < -0.3 is 4.52 Å². The summed E-state index contributed by atoms with van der Waals surface area (Å²) < 4.78 is 15.8. The average molecular weight is 251 g/mol. The highest BCUT2D eigenvalue weighted by Gasteiger charge is 2.23. The highest BCUT2D eigenvalue weighted by atomic mass is 35.9. The van der Waals surface area contributed by atoms with Gasteiger partial charge in [0.15, 0.2) is 0 Å². The third-order valence-corrected chi connectivity index (χ3v) is 2.98. The lowest BCUT2D eigenvalue weighted by molar-refractivity contribution is 0.513. The molecule has 0 atom stereocenters. The predicted molar refractivity (Wildman–Crippen MR) is 58.4 cm³/mol. The lowest BCUT2D eigenvalue weighted by atomic mass is 10.1. The van der Waals surface area contributed by atoms with Crippen LogP contribution in [-0.4, -0.2) is 0 Å². The molecule has 0 aromatic heterocycles. The van der Waals surface area contributed by atoms with Crippen LogP contribution in [0, 0.1) is 0 Å². The van der Waals surface area contributed by atoms with Gasteiger partial charge in [-0.2, -0.15) is 0 Å². The lowest BCUT2D eigenvalue weighted by Gasteiger charge is -2.06. The monoisotopic (exact) mass is 250 g/mol. The molecule has 76 valence electrons. The second-order valence-corrected chi connectivity index (χ2v) is 7.55. The Labute approximate surface area is 92.2 Å². The molecular formula is C9H9Cl2O2P. The molecule has 0 unspecified atom stereocenters. The van der Waals surface area contributed by atoms with Gasteiger partial charge in [-0.25, -0.2) is 4.57 Å². The quantitative estimate of drug-likeness (QED) is 0.737. The maximum absolute atomic E-state index is 10.9. The first kappa shape index (κ1) is 10.4. The Bertz CT molecular complexity index is 367. The van der Waals surface area contributed by atoms with Crippen molar-refractivity contribution in [1.82, 2.24) is 0 Å². The third kappa shape index (κ3) is 2.91. The summed E-state index contributed by atoms with van der Waals surface area (Å²) in [6, 6.07) is 7.39. The molecule has 0 spiro atoms. The van der Waals surface area contributed by atoms with Crippen LogP contribution < -0.4 is 4.52 Å². The van der Waals surface area contributed by atoms with Crippen LogP contribution in [0.15, 0.2) is 24.3 Å². The van der Waals surface area contributed by atoms with E-state index >= 15 is 0 Å². The van der Waals surface area contributed by atoms with E-state index in [1.165, 1.54) is 18.4 Å². The van der Waals surface area contributed by atoms with Gasteiger partial charge >= 0.3 is 6.07 Å². The van der Waals surface area contributed by atoms with E-state index in [-0.39, 0.29) is 0 Å². The first-order chi connectivity index (χ1) is 6.54. The van der Waals surface area contributed by atoms with Crippen molar-refractivity contribution < 1.29 is 9.09 Å². The van der Waals surface area contributed by atoms with Crippen molar-refractivity contribution in [2.75, 3.05) is 0 Å². The first-order valence-electron chi connectivity index (χ1n) is 4.33. The van der Waals surface area contributed by atoms with Gasteiger partial charge in [0, 0.05) is 22.5 Å². The molecule has 1 aromatic rings. The number of rotatable bonds is 3. The maximum atomic E-state index is 10.9. The normalized spacial score (nSPS) is 16.7. The molecule has 1 aliphatic rings. The SMILES string of the molecule is O=P(Cl)(Cl)Oc1ccc(C2CC2)cc1. The highest BCUT2D eigenvalue weighted by molar-refractivity contribution is 8.05. The number of halogens is 2. The third-order valence-electron chi connectivity index (χ3n) is 2.14. The van der Waals surface area contributed by atoms with Crippen molar-refractivity contribution in [2.24, 2.45) is 0 Å². The summed E-state index contributed by atoms with van der Waals surface area (Å²) in [5.41, 5.74) is 1.29. The Morgan fingerprint density at radius 2 is 1.79 bits per heavy atom. The van der Waals surface area contributed by atoms with Gasteiger partial charge in [-0.15, -0.1) is 0 Å². The summed E-state index contributed by atoms with van der Waals surface area (Å²) in [4.78, 5) is 0. The summed E-state index contributed by atoms with van der Waals surface area (Å²) in [5.74, 6) is 1.14. The molecule has 5 heteroatoms. The molecule has 1 aromatic carbocycles. The van der Waals surface area contributed by atoms with Crippen LogP contribution in [0.1, 0.15) is 24.3 Å². The largest absolute Gasteiger partial charge is 0.428 e. The summed E-state index contributed by atoms with van der Waals surface area (Å²) in [6.45, 7) is 0. The van der Waals surface area contributed by atoms with E-state index in [1.807, 2.05) is 12.1 Å². The summed E-state index contributed by atoms with van der Waals surface area (Å²) >= 11 is 10.6. The van der Waals surface area contributed by atoms with E-state index in [2.05, 4.69) is 0 Å². The number of benzene rings is 1. The minimum atomic E-state index is -3.47. The van der Waals surface area contributed by atoms with Gasteiger partial charge in [0.2, 0.25) is 0 Å². The summed E-state index contributed by atoms with van der Waals surface area (Å²) in [5, 5.41) is 0.